The standard InChI is InChI=1S/C8H7Cl2NO3/c9-5-1-2-6(10)7(3-5)14-4-8(12)11-13/h1-3,13H,4H2,(H,11,12). The molecule has 0 aliphatic heterocycles. The third-order valence-corrected chi connectivity index (χ3v) is 1.92. The van der Waals surface area contributed by atoms with E-state index in [2.05, 4.69) is 0 Å². The fourth-order valence-corrected chi connectivity index (χ4v) is 1.10. The van der Waals surface area contributed by atoms with Gasteiger partial charge in [0, 0.05) is 11.1 Å². The zero-order valence-corrected chi connectivity index (χ0v) is 8.47. The molecule has 76 valence electrons. The van der Waals surface area contributed by atoms with Gasteiger partial charge in [0.2, 0.25) is 0 Å². The number of benzene rings is 1. The van der Waals surface area contributed by atoms with Gasteiger partial charge in [-0.15, -0.1) is 0 Å². The highest BCUT2D eigenvalue weighted by molar-refractivity contribution is 6.34. The van der Waals surface area contributed by atoms with E-state index in [1.54, 1.807) is 12.1 Å². The summed E-state index contributed by atoms with van der Waals surface area (Å²) in [5.41, 5.74) is 1.43. The molecule has 0 atom stereocenters. The summed E-state index contributed by atoms with van der Waals surface area (Å²) in [6.45, 7) is -0.323. The Morgan fingerprint density at radius 2 is 2.21 bits per heavy atom. The topological polar surface area (TPSA) is 58.6 Å². The molecule has 0 bridgehead atoms. The average Bonchev–Trinajstić information content (AvgIpc) is 2.19. The van der Waals surface area contributed by atoms with Crippen LogP contribution in [0.25, 0.3) is 0 Å². The first-order valence-corrected chi connectivity index (χ1v) is 4.40. The maximum Gasteiger partial charge on any atom is 0.281 e. The highest BCUT2D eigenvalue weighted by Gasteiger charge is 2.05. The summed E-state index contributed by atoms with van der Waals surface area (Å²) in [6.07, 6.45) is 0. The molecular weight excluding hydrogens is 229 g/mol. The van der Waals surface area contributed by atoms with Gasteiger partial charge in [0.15, 0.2) is 6.61 Å². The second kappa shape index (κ2) is 5.05. The Hall–Kier alpha value is -0.970. The van der Waals surface area contributed by atoms with Crippen LogP contribution in [-0.4, -0.2) is 17.7 Å². The average molecular weight is 236 g/mol. The van der Waals surface area contributed by atoms with E-state index in [1.165, 1.54) is 11.5 Å². The van der Waals surface area contributed by atoms with Crippen molar-refractivity contribution in [1.82, 2.24) is 5.48 Å². The fraction of sp³-hybridized carbons (Fsp3) is 0.125. The van der Waals surface area contributed by atoms with Crippen molar-refractivity contribution in [1.29, 1.82) is 0 Å². The molecule has 1 aromatic rings. The molecule has 0 heterocycles. The molecule has 0 aliphatic carbocycles. The van der Waals surface area contributed by atoms with Gasteiger partial charge in [-0.2, -0.15) is 0 Å². The van der Waals surface area contributed by atoms with Gasteiger partial charge in [-0.25, -0.2) is 5.48 Å². The van der Waals surface area contributed by atoms with Crippen LogP contribution >= 0.6 is 23.2 Å². The molecule has 0 fully saturated rings. The van der Waals surface area contributed by atoms with Crippen molar-refractivity contribution in [2.75, 3.05) is 6.61 Å². The van der Waals surface area contributed by atoms with E-state index in [1.807, 2.05) is 0 Å². The highest BCUT2D eigenvalue weighted by atomic mass is 35.5. The number of carbonyl (C=O) groups excluding carboxylic acids is 1. The Labute approximate surface area is 90.3 Å². The van der Waals surface area contributed by atoms with Crippen LogP contribution in [0.3, 0.4) is 0 Å². The minimum atomic E-state index is -0.666. The van der Waals surface area contributed by atoms with E-state index in [4.69, 9.17) is 33.1 Å². The monoisotopic (exact) mass is 235 g/mol. The van der Waals surface area contributed by atoms with Gasteiger partial charge >= 0.3 is 0 Å². The van der Waals surface area contributed by atoms with Crippen LogP contribution in [0.2, 0.25) is 10.0 Å². The molecule has 0 saturated heterocycles. The zero-order chi connectivity index (χ0) is 10.6. The maximum absolute atomic E-state index is 10.6. The molecule has 0 aliphatic rings. The Morgan fingerprint density at radius 1 is 1.50 bits per heavy atom. The molecular formula is C8H7Cl2NO3. The third kappa shape index (κ3) is 3.06. The number of hydrogen-bond acceptors (Lipinski definition) is 3. The van der Waals surface area contributed by atoms with Gasteiger partial charge in [-0.05, 0) is 12.1 Å². The molecule has 0 spiro atoms. The number of hydroxylamine groups is 1. The fourth-order valence-electron chi connectivity index (χ4n) is 0.763. The summed E-state index contributed by atoms with van der Waals surface area (Å²) >= 11 is 11.4. The molecule has 0 radical (unpaired) electrons. The number of rotatable bonds is 3. The quantitative estimate of drug-likeness (QED) is 0.622. The first-order chi connectivity index (χ1) is 6.63. The lowest BCUT2D eigenvalue weighted by atomic mass is 10.3. The number of carbonyl (C=O) groups is 1. The summed E-state index contributed by atoms with van der Waals surface area (Å²) in [4.78, 5) is 10.6. The Balaban J connectivity index is 2.66. The molecule has 2 N–H and O–H groups in total. The van der Waals surface area contributed by atoms with E-state index in [0.717, 1.165) is 0 Å². The third-order valence-electron chi connectivity index (χ3n) is 1.38. The first kappa shape index (κ1) is 11.1. The predicted molar refractivity (Wildman–Crippen MR) is 51.9 cm³/mol. The smallest absolute Gasteiger partial charge is 0.281 e. The molecule has 1 amide bonds. The van der Waals surface area contributed by atoms with Crippen LogP contribution in [0.5, 0.6) is 5.75 Å². The summed E-state index contributed by atoms with van der Waals surface area (Å²) in [6, 6.07) is 4.63. The predicted octanol–water partition coefficient (Wildman–Crippen LogP) is 1.88. The minimum Gasteiger partial charge on any atom is -0.482 e. The second-order valence-corrected chi connectivity index (χ2v) is 3.24. The van der Waals surface area contributed by atoms with Crippen LogP contribution in [0.1, 0.15) is 0 Å². The van der Waals surface area contributed by atoms with E-state index in [9.17, 15) is 4.79 Å². The van der Waals surface area contributed by atoms with Crippen molar-refractivity contribution in [3.8, 4) is 5.75 Å². The molecule has 1 rings (SSSR count). The van der Waals surface area contributed by atoms with Crippen LogP contribution in [-0.2, 0) is 4.79 Å². The van der Waals surface area contributed by atoms with Gasteiger partial charge in [0.1, 0.15) is 5.75 Å². The summed E-state index contributed by atoms with van der Waals surface area (Å²) in [5.74, 6) is -0.371. The normalized spacial score (nSPS) is 9.64. The van der Waals surface area contributed by atoms with Gasteiger partial charge in [0.25, 0.3) is 5.91 Å². The molecule has 0 aromatic heterocycles. The lowest BCUT2D eigenvalue weighted by Crippen LogP contribution is -2.25. The number of nitrogens with one attached hydrogen (secondary N) is 1. The lowest BCUT2D eigenvalue weighted by molar-refractivity contribution is -0.131. The molecule has 4 nitrogen and oxygen atoms in total. The summed E-state index contributed by atoms with van der Waals surface area (Å²) in [7, 11) is 0. The number of amides is 1. The van der Waals surface area contributed by atoms with Crippen LogP contribution < -0.4 is 10.2 Å². The van der Waals surface area contributed by atoms with E-state index in [-0.39, 0.29) is 6.61 Å². The van der Waals surface area contributed by atoms with Gasteiger partial charge in [-0.1, -0.05) is 23.2 Å². The summed E-state index contributed by atoms with van der Waals surface area (Å²) in [5, 5.41) is 9.00. The number of ether oxygens (including phenoxy) is 1. The van der Waals surface area contributed by atoms with E-state index < -0.39 is 5.91 Å². The first-order valence-electron chi connectivity index (χ1n) is 3.64. The Bertz CT molecular complexity index is 343. The van der Waals surface area contributed by atoms with Crippen molar-refractivity contribution in [3.63, 3.8) is 0 Å². The Morgan fingerprint density at radius 3 is 2.86 bits per heavy atom. The molecule has 14 heavy (non-hydrogen) atoms. The number of hydrogen-bond donors (Lipinski definition) is 2. The highest BCUT2D eigenvalue weighted by Crippen LogP contribution is 2.27. The molecule has 0 saturated carbocycles. The second-order valence-electron chi connectivity index (χ2n) is 2.40. The minimum absolute atomic E-state index is 0.294. The van der Waals surface area contributed by atoms with Gasteiger partial charge in [0.05, 0.1) is 5.02 Å². The van der Waals surface area contributed by atoms with Crippen molar-refractivity contribution in [2.24, 2.45) is 0 Å². The number of halogens is 2. The largest absolute Gasteiger partial charge is 0.482 e. The zero-order valence-electron chi connectivity index (χ0n) is 6.96. The van der Waals surface area contributed by atoms with Crippen LogP contribution in [0.15, 0.2) is 18.2 Å². The van der Waals surface area contributed by atoms with Crippen molar-refractivity contribution in [3.05, 3.63) is 28.2 Å². The van der Waals surface area contributed by atoms with Crippen molar-refractivity contribution >= 4 is 29.1 Å². The summed E-state index contributed by atoms with van der Waals surface area (Å²) < 4.78 is 4.98. The Kier molecular flexibility index (Phi) is 4.00. The molecule has 0 unspecified atom stereocenters. The van der Waals surface area contributed by atoms with Crippen molar-refractivity contribution < 1.29 is 14.7 Å². The van der Waals surface area contributed by atoms with Crippen LogP contribution in [0, 0.1) is 0 Å². The van der Waals surface area contributed by atoms with E-state index >= 15 is 0 Å². The molecule has 6 heteroatoms. The lowest BCUT2D eigenvalue weighted by Gasteiger charge is -2.06. The van der Waals surface area contributed by atoms with E-state index in [0.29, 0.717) is 15.8 Å². The van der Waals surface area contributed by atoms with Gasteiger partial charge < -0.3 is 4.74 Å². The van der Waals surface area contributed by atoms with Gasteiger partial charge in [-0.3, -0.25) is 10.0 Å². The molecule has 1 aromatic carbocycles. The van der Waals surface area contributed by atoms with Crippen LogP contribution in [0.4, 0.5) is 0 Å². The van der Waals surface area contributed by atoms with Crippen molar-refractivity contribution in [2.45, 2.75) is 0 Å². The SMILES string of the molecule is O=C(COc1cc(Cl)ccc1Cl)NO. The maximum atomic E-state index is 10.6.